The van der Waals surface area contributed by atoms with Gasteiger partial charge < -0.3 is 28.4 Å². The van der Waals surface area contributed by atoms with Crippen molar-refractivity contribution in [2.45, 2.75) is 0 Å². The summed E-state index contributed by atoms with van der Waals surface area (Å²) < 4.78 is 7.10. The highest BCUT2D eigenvalue weighted by atomic mass is 15.2. The molecule has 6 heteroatoms. The summed E-state index contributed by atoms with van der Waals surface area (Å²) in [5.41, 5.74) is 35.4. The van der Waals surface area contributed by atoms with Crippen molar-refractivity contribution < 1.29 is 0 Å². The van der Waals surface area contributed by atoms with Crippen LogP contribution >= 0.6 is 0 Å². The summed E-state index contributed by atoms with van der Waals surface area (Å²) in [6.45, 7) is 0. The number of hydrogen-bond donors (Lipinski definition) is 0. The topological polar surface area (TPSA) is 24.5 Å². The van der Waals surface area contributed by atoms with Crippen LogP contribution in [0.1, 0.15) is 0 Å². The Morgan fingerprint density at radius 1 is 0.118 bits per heavy atom. The standard InChI is InChI=1S/C50H34N2.C46H32N2.C42H30N2/c1-3-13-35(14-4-1)36-25-29-41(30-26-36)51(42-31-27-38-24-23-37-15-7-8-18-43(37)46(38)34-42)48-21-11-9-19-44(48)39-28-32-50-47(33-39)45-20-10-12-22-49(45)52(50)40-16-5-2-6-17-40;1-3-14-38(15-4-1)47(44-21-11-13-36-12-7-8-18-41(36)44)40-29-26-34(27-30-40)33-22-24-35(25-23-33)37-28-31-46-43(32-37)42-19-9-10-20-45(42)48(46)39-16-5-2-6-17-39;1-4-12-35(13-5-1)43(36-14-6-2-7-15-36)38-27-24-32(25-28-38)31-20-22-33(23-21-31)34-26-29-42-40(30-34)39-18-10-11-19-41(39)44(42)37-16-8-3-9-17-37/h1-34H;1-32H;1-30H. The van der Waals surface area contributed by atoms with Gasteiger partial charge >= 0.3 is 0 Å². The molecule has 0 saturated heterocycles. The van der Waals surface area contributed by atoms with Crippen molar-refractivity contribution in [2.75, 3.05) is 14.7 Å². The number of rotatable bonds is 18. The van der Waals surface area contributed by atoms with E-state index in [0.29, 0.717) is 0 Å². The first-order chi connectivity index (χ1) is 71.4. The van der Waals surface area contributed by atoms with Gasteiger partial charge in [-0.1, -0.05) is 394 Å². The van der Waals surface area contributed by atoms with Crippen LogP contribution in [0.25, 0.3) is 182 Å². The molecule has 0 aliphatic rings. The molecule has 24 aromatic carbocycles. The summed E-state index contributed by atoms with van der Waals surface area (Å²) in [5.74, 6) is 0. The molecule has 0 bridgehead atoms. The van der Waals surface area contributed by atoms with Crippen LogP contribution in [0.3, 0.4) is 0 Å². The highest BCUT2D eigenvalue weighted by Gasteiger charge is 2.24. The van der Waals surface area contributed by atoms with Gasteiger partial charge in [-0.15, -0.1) is 0 Å². The van der Waals surface area contributed by atoms with E-state index in [2.05, 4.69) is 611 Å². The van der Waals surface area contributed by atoms with Gasteiger partial charge in [-0.25, -0.2) is 0 Å². The lowest BCUT2D eigenvalue weighted by Gasteiger charge is -2.28. The molecule has 27 rings (SSSR count). The van der Waals surface area contributed by atoms with Crippen LogP contribution in [0.4, 0.5) is 51.2 Å². The Balaban J connectivity index is 0.000000113. The molecule has 0 aliphatic carbocycles. The molecule has 0 N–H and O–H groups in total. The second-order valence-corrected chi connectivity index (χ2v) is 36.6. The molecular weight excluding hydrogens is 1740 g/mol. The normalized spacial score (nSPS) is 11.3. The average Bonchev–Trinajstić information content (AvgIpc) is 1.60. The molecule has 0 fully saturated rings. The number of para-hydroxylation sites is 10. The fourth-order valence-corrected chi connectivity index (χ4v) is 21.2. The Morgan fingerprint density at radius 2 is 0.368 bits per heavy atom. The van der Waals surface area contributed by atoms with Crippen molar-refractivity contribution >= 4 is 149 Å². The Labute approximate surface area is 837 Å². The van der Waals surface area contributed by atoms with Crippen LogP contribution < -0.4 is 14.7 Å². The molecule has 0 aliphatic heterocycles. The summed E-state index contributed by atoms with van der Waals surface area (Å²) in [7, 11) is 0. The third-order valence-corrected chi connectivity index (χ3v) is 28.1. The molecule has 27 aromatic rings. The molecule has 678 valence electrons. The predicted octanol–water partition coefficient (Wildman–Crippen LogP) is 38.2. The maximum Gasteiger partial charge on any atom is 0.0541 e. The van der Waals surface area contributed by atoms with E-state index in [-0.39, 0.29) is 0 Å². The smallest absolute Gasteiger partial charge is 0.0541 e. The Morgan fingerprint density at radius 3 is 0.799 bits per heavy atom. The zero-order chi connectivity index (χ0) is 95.6. The van der Waals surface area contributed by atoms with Crippen molar-refractivity contribution in [3.05, 3.63) is 582 Å². The van der Waals surface area contributed by atoms with Crippen LogP contribution in [0.5, 0.6) is 0 Å². The van der Waals surface area contributed by atoms with Gasteiger partial charge in [0.2, 0.25) is 0 Å². The Kier molecular flexibility index (Phi) is 23.0. The highest BCUT2D eigenvalue weighted by molar-refractivity contribution is 6.15. The number of nitrogens with zero attached hydrogens (tertiary/aromatic N) is 6. The van der Waals surface area contributed by atoms with Gasteiger partial charge in [0.15, 0.2) is 0 Å². The molecule has 3 heterocycles. The Bertz CT molecular complexity index is 9270. The second-order valence-electron chi connectivity index (χ2n) is 36.6. The summed E-state index contributed by atoms with van der Waals surface area (Å²) in [4.78, 5) is 7.06. The van der Waals surface area contributed by atoms with Gasteiger partial charge in [0.1, 0.15) is 0 Å². The second kappa shape index (κ2) is 38.3. The van der Waals surface area contributed by atoms with Gasteiger partial charge in [0.25, 0.3) is 0 Å². The lowest BCUT2D eigenvalue weighted by Crippen LogP contribution is -2.11. The largest absolute Gasteiger partial charge is 0.311 e. The highest BCUT2D eigenvalue weighted by Crippen LogP contribution is 2.48. The minimum absolute atomic E-state index is 1.11. The lowest BCUT2D eigenvalue weighted by atomic mass is 9.98. The summed E-state index contributed by atoms with van der Waals surface area (Å²) in [6.07, 6.45) is 0. The SMILES string of the molecule is c1ccc(-c2ccc(N(c3ccc4ccc5ccccc5c4c3)c3ccccc3-c3ccc4c(c3)c3ccccc3n4-c3ccccc3)cc2)cc1.c1ccc(N(c2ccc(-c3ccc(-c4ccc5c(c4)c4ccccc4n5-c4ccccc4)cc3)cc2)c2cccc3ccccc23)cc1.c1ccc(N(c2ccccc2)c2ccc(-c3ccc(-c4ccc5c(c4)c4ccccc4n5-c4ccccc4)cc3)cc2)cc1. The molecule has 0 radical (unpaired) electrons. The van der Waals surface area contributed by atoms with Crippen LogP contribution in [0, 0.1) is 0 Å². The maximum absolute atomic E-state index is 2.42. The molecule has 0 amide bonds. The summed E-state index contributed by atoms with van der Waals surface area (Å²) in [5, 5.41) is 15.0. The summed E-state index contributed by atoms with van der Waals surface area (Å²) >= 11 is 0. The van der Waals surface area contributed by atoms with Crippen LogP contribution in [0.15, 0.2) is 582 Å². The monoisotopic (exact) mass is 1840 g/mol. The van der Waals surface area contributed by atoms with Crippen LogP contribution in [-0.2, 0) is 0 Å². The number of hydrogen-bond acceptors (Lipinski definition) is 3. The van der Waals surface area contributed by atoms with Gasteiger partial charge in [-0.2, -0.15) is 0 Å². The van der Waals surface area contributed by atoms with E-state index in [1.54, 1.807) is 0 Å². The van der Waals surface area contributed by atoms with E-state index in [9.17, 15) is 0 Å². The number of anilines is 9. The van der Waals surface area contributed by atoms with E-state index in [0.717, 1.165) is 51.2 Å². The maximum atomic E-state index is 2.42. The molecule has 0 saturated carbocycles. The fourth-order valence-electron chi connectivity index (χ4n) is 21.2. The first kappa shape index (κ1) is 86.4. The molecule has 6 nitrogen and oxygen atoms in total. The van der Waals surface area contributed by atoms with Gasteiger partial charge in [0, 0.05) is 100 Å². The van der Waals surface area contributed by atoms with E-state index < -0.39 is 0 Å². The zero-order valence-electron chi connectivity index (χ0n) is 79.1. The molecule has 0 spiro atoms. The van der Waals surface area contributed by atoms with E-state index in [4.69, 9.17) is 0 Å². The first-order valence-corrected chi connectivity index (χ1v) is 49.3. The molecule has 0 unspecified atom stereocenters. The van der Waals surface area contributed by atoms with Crippen molar-refractivity contribution in [1.29, 1.82) is 0 Å². The number of fused-ring (bicyclic) bond motifs is 13. The van der Waals surface area contributed by atoms with Crippen LogP contribution in [0.2, 0.25) is 0 Å². The fraction of sp³-hybridized carbons (Fsp3) is 0. The third-order valence-electron chi connectivity index (χ3n) is 28.1. The summed E-state index contributed by atoms with van der Waals surface area (Å²) in [6, 6.07) is 209. The zero-order valence-corrected chi connectivity index (χ0v) is 79.1. The molecule has 0 atom stereocenters. The third kappa shape index (κ3) is 16.6. The van der Waals surface area contributed by atoms with Gasteiger partial charge in [-0.05, 0) is 276 Å². The first-order valence-electron chi connectivity index (χ1n) is 49.3. The molecular formula is C138H96N6. The minimum Gasteiger partial charge on any atom is -0.311 e. The quantitative estimate of drug-likeness (QED) is 0.0801. The van der Waals surface area contributed by atoms with Crippen molar-refractivity contribution in [1.82, 2.24) is 13.7 Å². The number of aromatic nitrogens is 3. The molecule has 144 heavy (non-hydrogen) atoms. The van der Waals surface area contributed by atoms with Gasteiger partial charge in [0.05, 0.1) is 44.5 Å². The average molecular weight is 1840 g/mol. The van der Waals surface area contributed by atoms with Crippen molar-refractivity contribution in [2.24, 2.45) is 0 Å². The van der Waals surface area contributed by atoms with Crippen molar-refractivity contribution in [3.63, 3.8) is 0 Å². The van der Waals surface area contributed by atoms with Gasteiger partial charge in [-0.3, -0.25) is 0 Å². The lowest BCUT2D eigenvalue weighted by molar-refractivity contribution is 1.18. The van der Waals surface area contributed by atoms with Crippen molar-refractivity contribution in [3.8, 4) is 83.8 Å². The predicted molar refractivity (Wildman–Crippen MR) is 612 cm³/mol. The van der Waals surface area contributed by atoms with E-state index in [1.807, 2.05) is 0 Å². The number of benzene rings is 24. The molecule has 3 aromatic heterocycles. The Hall–Kier alpha value is -19.1. The van der Waals surface area contributed by atoms with Crippen LogP contribution in [-0.4, -0.2) is 13.7 Å². The minimum atomic E-state index is 1.11. The van der Waals surface area contributed by atoms with E-state index in [1.165, 1.54) is 182 Å². The van der Waals surface area contributed by atoms with E-state index >= 15 is 0 Å².